The number of piperazine rings is 1. The van der Waals surface area contributed by atoms with Gasteiger partial charge in [0.05, 0.1) is 0 Å². The molecule has 4 nitrogen and oxygen atoms in total. The van der Waals surface area contributed by atoms with Crippen LogP contribution in [0.2, 0.25) is 0 Å². The van der Waals surface area contributed by atoms with E-state index in [9.17, 15) is 18.4 Å². The van der Waals surface area contributed by atoms with Gasteiger partial charge in [0.25, 0.3) is 5.91 Å². The molecule has 2 amide bonds. The lowest BCUT2D eigenvalue weighted by Crippen LogP contribution is -2.65. The highest BCUT2D eigenvalue weighted by atomic mass is 79.9. The molecule has 1 unspecified atom stereocenters. The van der Waals surface area contributed by atoms with Gasteiger partial charge in [0.2, 0.25) is 5.91 Å². The first-order chi connectivity index (χ1) is 9.28. The van der Waals surface area contributed by atoms with Crippen LogP contribution in [0.3, 0.4) is 0 Å². The summed E-state index contributed by atoms with van der Waals surface area (Å²) in [6.45, 7) is 2.86. The van der Waals surface area contributed by atoms with Gasteiger partial charge < -0.3 is 5.32 Å². The minimum atomic E-state index is -1.15. The number of rotatable bonds is 2. The van der Waals surface area contributed by atoms with Crippen LogP contribution in [0, 0.1) is 11.6 Å². The van der Waals surface area contributed by atoms with Crippen molar-refractivity contribution >= 4 is 33.4 Å². The smallest absolute Gasteiger partial charge is 0.253 e. The van der Waals surface area contributed by atoms with Gasteiger partial charge in [0.15, 0.2) is 11.6 Å². The molecule has 0 spiro atoms. The number of anilines is 1. The predicted octanol–water partition coefficient (Wildman–Crippen LogP) is 2.36. The van der Waals surface area contributed by atoms with E-state index >= 15 is 0 Å². The number of nitrogens with one attached hydrogen (secondary N) is 1. The monoisotopic (exact) mass is 346 g/mol. The summed E-state index contributed by atoms with van der Waals surface area (Å²) in [5.74, 6) is -2.76. The third-order valence-corrected chi connectivity index (χ3v) is 3.85. The molecular formula is C13H13BrF2N2O2. The molecule has 1 N–H and O–H groups in total. The van der Waals surface area contributed by atoms with Crippen LogP contribution in [0.25, 0.3) is 0 Å². The second-order valence-corrected chi connectivity index (χ2v) is 5.76. The quantitative estimate of drug-likeness (QED) is 0.893. The van der Waals surface area contributed by atoms with Gasteiger partial charge in [0, 0.05) is 4.47 Å². The van der Waals surface area contributed by atoms with Crippen molar-refractivity contribution in [3.05, 3.63) is 28.2 Å². The zero-order valence-electron chi connectivity index (χ0n) is 11.0. The highest BCUT2D eigenvalue weighted by molar-refractivity contribution is 9.10. The summed E-state index contributed by atoms with van der Waals surface area (Å²) in [5.41, 5.74) is -1.64. The van der Waals surface area contributed by atoms with Gasteiger partial charge >= 0.3 is 0 Å². The lowest BCUT2D eigenvalue weighted by molar-refractivity contribution is -0.135. The van der Waals surface area contributed by atoms with Crippen LogP contribution in [0.4, 0.5) is 14.5 Å². The summed E-state index contributed by atoms with van der Waals surface area (Å²) in [5, 5.41) is 2.56. The third kappa shape index (κ3) is 2.42. The molecule has 7 heteroatoms. The molecule has 1 saturated heterocycles. The van der Waals surface area contributed by atoms with E-state index in [4.69, 9.17) is 0 Å². The normalized spacial score (nSPS) is 22.9. The molecule has 20 heavy (non-hydrogen) atoms. The van der Waals surface area contributed by atoms with E-state index in [1.165, 1.54) is 6.92 Å². The van der Waals surface area contributed by atoms with Crippen molar-refractivity contribution < 1.29 is 18.4 Å². The van der Waals surface area contributed by atoms with Crippen LogP contribution in [-0.4, -0.2) is 23.9 Å². The van der Waals surface area contributed by atoms with E-state index in [0.717, 1.165) is 17.0 Å². The van der Waals surface area contributed by atoms with Crippen molar-refractivity contribution in [2.24, 2.45) is 0 Å². The van der Waals surface area contributed by atoms with Crippen molar-refractivity contribution in [2.45, 2.75) is 25.8 Å². The summed E-state index contributed by atoms with van der Waals surface area (Å²) in [6, 6.07) is 2.11. The van der Waals surface area contributed by atoms with Crippen LogP contribution in [-0.2, 0) is 9.59 Å². The minimum Gasteiger partial charge on any atom is -0.340 e. The Morgan fingerprint density at radius 2 is 1.90 bits per heavy atom. The molecule has 0 radical (unpaired) electrons. The van der Waals surface area contributed by atoms with E-state index in [-0.39, 0.29) is 4.47 Å². The SMILES string of the molecule is CCC1(C)NC(=O)CN(c2c(F)cc(Br)cc2F)C1=O. The van der Waals surface area contributed by atoms with Crippen molar-refractivity contribution in [3.63, 3.8) is 0 Å². The standard InChI is InChI=1S/C13H13BrF2N2O2/c1-3-13(2)12(20)18(6-10(19)17-13)11-8(15)4-7(14)5-9(11)16/h4-5H,3,6H2,1-2H3,(H,17,19). The van der Waals surface area contributed by atoms with Crippen LogP contribution >= 0.6 is 15.9 Å². The number of hydrogen-bond donors (Lipinski definition) is 1. The van der Waals surface area contributed by atoms with Crippen molar-refractivity contribution in [1.82, 2.24) is 5.32 Å². The topological polar surface area (TPSA) is 49.4 Å². The first-order valence-corrected chi connectivity index (χ1v) is 6.85. The Bertz CT molecular complexity index is 571. The molecule has 0 bridgehead atoms. The van der Waals surface area contributed by atoms with Crippen molar-refractivity contribution in [3.8, 4) is 0 Å². The number of amides is 2. The maximum Gasteiger partial charge on any atom is 0.253 e. The minimum absolute atomic E-state index is 0.225. The second kappa shape index (κ2) is 5.12. The van der Waals surface area contributed by atoms with Crippen LogP contribution in [0.15, 0.2) is 16.6 Å². The summed E-state index contributed by atoms with van der Waals surface area (Å²) in [4.78, 5) is 24.9. The molecular weight excluding hydrogens is 334 g/mol. The molecule has 1 aromatic carbocycles. The molecule has 0 aromatic heterocycles. The molecule has 1 heterocycles. The molecule has 2 rings (SSSR count). The fourth-order valence-electron chi connectivity index (χ4n) is 2.13. The van der Waals surface area contributed by atoms with Crippen molar-refractivity contribution in [2.75, 3.05) is 11.4 Å². The largest absolute Gasteiger partial charge is 0.340 e. The Morgan fingerprint density at radius 1 is 1.35 bits per heavy atom. The van der Waals surface area contributed by atoms with Crippen LogP contribution < -0.4 is 10.2 Å². The number of halogens is 3. The summed E-state index contributed by atoms with van der Waals surface area (Å²) < 4.78 is 28.1. The average molecular weight is 347 g/mol. The van der Waals surface area contributed by atoms with Gasteiger partial charge in [-0.1, -0.05) is 22.9 Å². The molecule has 0 saturated carbocycles. The highest BCUT2D eigenvalue weighted by Crippen LogP contribution is 2.30. The molecule has 0 aliphatic carbocycles. The van der Waals surface area contributed by atoms with Gasteiger partial charge in [0.1, 0.15) is 17.8 Å². The Hall–Kier alpha value is -1.50. The van der Waals surface area contributed by atoms with E-state index in [0.29, 0.717) is 6.42 Å². The highest BCUT2D eigenvalue weighted by Gasteiger charge is 2.43. The fraction of sp³-hybridized carbons (Fsp3) is 0.385. The predicted molar refractivity (Wildman–Crippen MR) is 73.2 cm³/mol. The van der Waals surface area contributed by atoms with Crippen LogP contribution in [0.1, 0.15) is 20.3 Å². The summed E-state index contributed by atoms with van der Waals surface area (Å²) in [7, 11) is 0. The lowest BCUT2D eigenvalue weighted by atomic mass is 9.94. The first-order valence-electron chi connectivity index (χ1n) is 6.06. The number of nitrogens with zero attached hydrogens (tertiary/aromatic N) is 1. The third-order valence-electron chi connectivity index (χ3n) is 3.39. The zero-order chi connectivity index (χ0) is 15.1. The van der Waals surface area contributed by atoms with Gasteiger partial charge in [-0.15, -0.1) is 0 Å². The second-order valence-electron chi connectivity index (χ2n) is 4.84. The lowest BCUT2D eigenvalue weighted by Gasteiger charge is -2.39. The number of hydrogen-bond acceptors (Lipinski definition) is 2. The zero-order valence-corrected chi connectivity index (χ0v) is 12.6. The van der Waals surface area contributed by atoms with Gasteiger partial charge in [-0.25, -0.2) is 8.78 Å². The molecule has 108 valence electrons. The molecule has 1 aromatic rings. The van der Waals surface area contributed by atoms with E-state index in [2.05, 4.69) is 21.2 Å². The summed E-state index contributed by atoms with van der Waals surface area (Å²) in [6.07, 6.45) is 0.327. The number of carbonyl (C=O) groups excluding carboxylic acids is 2. The Balaban J connectivity index is 2.52. The van der Waals surface area contributed by atoms with E-state index in [1.807, 2.05) is 0 Å². The van der Waals surface area contributed by atoms with Gasteiger partial charge in [-0.3, -0.25) is 14.5 Å². The maximum absolute atomic E-state index is 14.0. The van der Waals surface area contributed by atoms with E-state index in [1.54, 1.807) is 6.92 Å². The maximum atomic E-state index is 14.0. The van der Waals surface area contributed by atoms with Crippen molar-refractivity contribution in [1.29, 1.82) is 0 Å². The fourth-order valence-corrected chi connectivity index (χ4v) is 2.53. The summed E-state index contributed by atoms with van der Waals surface area (Å²) >= 11 is 2.97. The number of carbonyl (C=O) groups is 2. The first kappa shape index (κ1) is 14.9. The Labute approximate surface area is 123 Å². The molecule has 1 aliphatic rings. The molecule has 1 fully saturated rings. The van der Waals surface area contributed by atoms with Crippen LogP contribution in [0.5, 0.6) is 0 Å². The molecule has 1 atom stereocenters. The Morgan fingerprint density at radius 3 is 2.40 bits per heavy atom. The molecule has 1 aliphatic heterocycles. The average Bonchev–Trinajstić information content (AvgIpc) is 2.34. The van der Waals surface area contributed by atoms with Gasteiger partial charge in [-0.2, -0.15) is 0 Å². The van der Waals surface area contributed by atoms with Gasteiger partial charge in [-0.05, 0) is 25.5 Å². The number of benzene rings is 1. The Kier molecular flexibility index (Phi) is 3.82. The van der Waals surface area contributed by atoms with E-state index < -0.39 is 41.2 Å².